The molecule has 0 saturated carbocycles. The quantitative estimate of drug-likeness (QED) is 0.684. The molecule has 1 aromatic heterocycles. The summed E-state index contributed by atoms with van der Waals surface area (Å²) >= 11 is 0. The molecule has 1 aromatic carbocycles. The van der Waals surface area contributed by atoms with Crippen LogP contribution in [0.5, 0.6) is 11.5 Å². The number of unbranched alkanes of at least 4 members (excludes halogenated alkanes) is 1. The Kier molecular flexibility index (Phi) is 6.66. The van der Waals surface area contributed by atoms with E-state index in [1.165, 1.54) is 0 Å². The van der Waals surface area contributed by atoms with Crippen LogP contribution in [0, 0.1) is 6.92 Å². The van der Waals surface area contributed by atoms with Gasteiger partial charge in [0.2, 0.25) is 0 Å². The Morgan fingerprint density at radius 2 is 1.67 bits per heavy atom. The molecule has 0 aliphatic heterocycles. The Morgan fingerprint density at radius 1 is 0.958 bits per heavy atom. The van der Waals surface area contributed by atoms with E-state index in [0.29, 0.717) is 6.54 Å². The zero-order valence-corrected chi connectivity index (χ0v) is 14.8. The number of ether oxygens (including phenoxy) is 2. The highest BCUT2D eigenvalue weighted by Gasteiger charge is 2.06. The molecule has 130 valence electrons. The number of nitrogens with zero attached hydrogens (tertiary/aromatic N) is 2. The topological polar surface area (TPSA) is 68.3 Å². The van der Waals surface area contributed by atoms with Gasteiger partial charge in [-0.15, -0.1) is 0 Å². The van der Waals surface area contributed by atoms with Crippen molar-refractivity contribution in [2.45, 2.75) is 33.2 Å². The molecule has 24 heavy (non-hydrogen) atoms. The van der Waals surface area contributed by atoms with E-state index in [1.807, 2.05) is 31.2 Å². The zero-order chi connectivity index (χ0) is 17.4. The number of benzene rings is 1. The molecule has 0 spiro atoms. The average molecular weight is 330 g/mol. The van der Waals surface area contributed by atoms with Gasteiger partial charge in [0.05, 0.1) is 14.2 Å². The van der Waals surface area contributed by atoms with Crippen molar-refractivity contribution in [1.82, 2.24) is 9.97 Å². The van der Waals surface area contributed by atoms with Gasteiger partial charge >= 0.3 is 0 Å². The van der Waals surface area contributed by atoms with Crippen molar-refractivity contribution in [3.05, 3.63) is 35.7 Å². The largest absolute Gasteiger partial charge is 0.493 e. The summed E-state index contributed by atoms with van der Waals surface area (Å²) in [7, 11) is 3.27. The lowest BCUT2D eigenvalue weighted by molar-refractivity contribution is 0.354. The van der Waals surface area contributed by atoms with Gasteiger partial charge in [-0.05, 0) is 31.0 Å². The van der Waals surface area contributed by atoms with Gasteiger partial charge in [-0.3, -0.25) is 0 Å². The summed E-state index contributed by atoms with van der Waals surface area (Å²) < 4.78 is 10.6. The predicted octanol–water partition coefficient (Wildman–Crippen LogP) is 3.63. The molecule has 0 saturated heterocycles. The molecule has 1 heterocycles. The van der Waals surface area contributed by atoms with Crippen LogP contribution in [-0.4, -0.2) is 30.7 Å². The van der Waals surface area contributed by atoms with Gasteiger partial charge in [-0.25, -0.2) is 9.97 Å². The molecule has 0 radical (unpaired) electrons. The summed E-state index contributed by atoms with van der Waals surface area (Å²) in [6.07, 6.45) is 2.28. The first-order valence-corrected chi connectivity index (χ1v) is 8.20. The van der Waals surface area contributed by atoms with Gasteiger partial charge in [-0.1, -0.05) is 19.4 Å². The molecule has 2 N–H and O–H groups in total. The van der Waals surface area contributed by atoms with E-state index in [-0.39, 0.29) is 0 Å². The fourth-order valence-electron chi connectivity index (χ4n) is 2.33. The third-order valence-electron chi connectivity index (χ3n) is 3.60. The zero-order valence-electron chi connectivity index (χ0n) is 14.8. The summed E-state index contributed by atoms with van der Waals surface area (Å²) in [5.41, 5.74) is 1.09. The second-order valence-corrected chi connectivity index (χ2v) is 5.51. The van der Waals surface area contributed by atoms with Crippen LogP contribution < -0.4 is 20.1 Å². The van der Waals surface area contributed by atoms with Gasteiger partial charge in [0.15, 0.2) is 11.5 Å². The lowest BCUT2D eigenvalue weighted by Gasteiger charge is -2.12. The van der Waals surface area contributed by atoms with Gasteiger partial charge < -0.3 is 20.1 Å². The van der Waals surface area contributed by atoms with E-state index < -0.39 is 0 Å². The van der Waals surface area contributed by atoms with E-state index in [9.17, 15) is 0 Å². The monoisotopic (exact) mass is 330 g/mol. The number of hydrogen-bond acceptors (Lipinski definition) is 6. The number of nitrogens with one attached hydrogen (secondary N) is 2. The van der Waals surface area contributed by atoms with Crippen molar-refractivity contribution >= 4 is 11.6 Å². The maximum Gasteiger partial charge on any atom is 0.161 e. The van der Waals surface area contributed by atoms with E-state index in [2.05, 4.69) is 27.5 Å². The fourth-order valence-corrected chi connectivity index (χ4v) is 2.33. The molecule has 0 unspecified atom stereocenters. The third-order valence-corrected chi connectivity index (χ3v) is 3.60. The number of hydrogen-bond donors (Lipinski definition) is 2. The number of rotatable bonds is 9. The second-order valence-electron chi connectivity index (χ2n) is 5.51. The van der Waals surface area contributed by atoms with Crippen LogP contribution >= 0.6 is 0 Å². The SMILES string of the molecule is CCCCNc1cc(NCc2ccc(OC)c(OC)c2)nc(C)n1. The molecule has 0 atom stereocenters. The van der Waals surface area contributed by atoms with Crippen molar-refractivity contribution in [1.29, 1.82) is 0 Å². The minimum Gasteiger partial charge on any atom is -0.493 e. The number of methoxy groups -OCH3 is 2. The first-order valence-electron chi connectivity index (χ1n) is 8.20. The summed E-state index contributed by atoms with van der Waals surface area (Å²) in [6, 6.07) is 7.80. The molecule has 2 aromatic rings. The Morgan fingerprint density at radius 3 is 2.33 bits per heavy atom. The summed E-state index contributed by atoms with van der Waals surface area (Å²) in [5.74, 6) is 3.84. The maximum atomic E-state index is 5.33. The highest BCUT2D eigenvalue weighted by atomic mass is 16.5. The van der Waals surface area contributed by atoms with Gasteiger partial charge in [0, 0.05) is 19.2 Å². The fraction of sp³-hybridized carbons (Fsp3) is 0.444. The lowest BCUT2D eigenvalue weighted by atomic mass is 10.2. The Balaban J connectivity index is 2.03. The molecule has 6 heteroatoms. The molecule has 0 aliphatic rings. The van der Waals surface area contributed by atoms with Crippen molar-refractivity contribution < 1.29 is 9.47 Å². The average Bonchev–Trinajstić information content (AvgIpc) is 2.59. The first kappa shape index (κ1) is 17.8. The summed E-state index contributed by atoms with van der Waals surface area (Å²) in [6.45, 7) is 5.63. The molecule has 0 bridgehead atoms. The van der Waals surface area contributed by atoms with Crippen LogP contribution in [0.25, 0.3) is 0 Å². The molecule has 0 amide bonds. The van der Waals surface area contributed by atoms with Crippen LogP contribution in [0.2, 0.25) is 0 Å². The van der Waals surface area contributed by atoms with Crippen LogP contribution in [0.1, 0.15) is 31.2 Å². The summed E-state index contributed by atoms with van der Waals surface area (Å²) in [4.78, 5) is 8.85. The minimum atomic E-state index is 0.644. The predicted molar refractivity (Wildman–Crippen MR) is 97.0 cm³/mol. The smallest absolute Gasteiger partial charge is 0.161 e. The Hall–Kier alpha value is -2.50. The van der Waals surface area contributed by atoms with Crippen molar-refractivity contribution in [3.63, 3.8) is 0 Å². The van der Waals surface area contributed by atoms with E-state index >= 15 is 0 Å². The first-order chi connectivity index (χ1) is 11.7. The van der Waals surface area contributed by atoms with Gasteiger partial charge in [0.1, 0.15) is 17.5 Å². The number of aromatic nitrogens is 2. The minimum absolute atomic E-state index is 0.644. The normalized spacial score (nSPS) is 10.3. The van der Waals surface area contributed by atoms with Crippen LogP contribution in [0.4, 0.5) is 11.6 Å². The lowest BCUT2D eigenvalue weighted by Crippen LogP contribution is -2.08. The van der Waals surface area contributed by atoms with Crippen molar-refractivity contribution in [2.75, 3.05) is 31.4 Å². The molecule has 0 aliphatic carbocycles. The number of anilines is 2. The molecular weight excluding hydrogens is 304 g/mol. The van der Waals surface area contributed by atoms with E-state index in [1.54, 1.807) is 14.2 Å². The molecule has 0 fully saturated rings. The maximum absolute atomic E-state index is 5.33. The highest BCUT2D eigenvalue weighted by Crippen LogP contribution is 2.27. The van der Waals surface area contributed by atoms with Crippen LogP contribution in [-0.2, 0) is 6.54 Å². The third kappa shape index (κ3) is 5.01. The van der Waals surface area contributed by atoms with E-state index in [4.69, 9.17) is 9.47 Å². The van der Waals surface area contributed by atoms with Crippen molar-refractivity contribution in [3.8, 4) is 11.5 Å². The number of aryl methyl sites for hydroxylation is 1. The second kappa shape index (κ2) is 8.96. The Bertz CT molecular complexity index is 661. The standard InChI is InChI=1S/C18H26N4O2/c1-5-6-9-19-17-11-18(22-13(2)21-17)20-12-14-7-8-15(23-3)16(10-14)24-4/h7-8,10-11H,5-6,9,12H2,1-4H3,(H2,19,20,21,22). The summed E-state index contributed by atoms with van der Waals surface area (Å²) in [5, 5.41) is 6.66. The Labute approximate surface area is 143 Å². The van der Waals surface area contributed by atoms with Crippen LogP contribution in [0.3, 0.4) is 0 Å². The van der Waals surface area contributed by atoms with Crippen molar-refractivity contribution in [2.24, 2.45) is 0 Å². The molecular formula is C18H26N4O2. The van der Waals surface area contributed by atoms with E-state index in [0.717, 1.165) is 53.9 Å². The van der Waals surface area contributed by atoms with Crippen LogP contribution in [0.15, 0.2) is 24.3 Å². The molecule has 2 rings (SSSR count). The molecule has 6 nitrogen and oxygen atoms in total. The van der Waals surface area contributed by atoms with Gasteiger partial charge in [0.25, 0.3) is 0 Å². The highest BCUT2D eigenvalue weighted by molar-refractivity contribution is 5.49. The van der Waals surface area contributed by atoms with Gasteiger partial charge in [-0.2, -0.15) is 0 Å².